The van der Waals surface area contributed by atoms with Crippen LogP contribution in [0.25, 0.3) is 0 Å². The molecule has 0 aromatic heterocycles. The second kappa shape index (κ2) is 8.68. The summed E-state index contributed by atoms with van der Waals surface area (Å²) in [5.41, 5.74) is 3.13. The minimum atomic E-state index is -0.496. The van der Waals surface area contributed by atoms with Gasteiger partial charge in [-0.3, -0.25) is 9.59 Å². The summed E-state index contributed by atoms with van der Waals surface area (Å²) in [6.45, 7) is -0.237. The summed E-state index contributed by atoms with van der Waals surface area (Å²) >= 11 is 17.7. The maximum absolute atomic E-state index is 11.9. The van der Waals surface area contributed by atoms with E-state index < -0.39 is 11.8 Å². The smallest absolute Gasteiger partial charge is 0.259 e. The van der Waals surface area contributed by atoms with E-state index in [1.54, 1.807) is 36.4 Å². The molecule has 124 valence electrons. The highest BCUT2D eigenvalue weighted by Crippen LogP contribution is 2.21. The van der Waals surface area contributed by atoms with Gasteiger partial charge in [0.2, 0.25) is 0 Å². The van der Waals surface area contributed by atoms with E-state index in [1.165, 1.54) is 12.3 Å². The van der Waals surface area contributed by atoms with Crippen LogP contribution in [-0.4, -0.2) is 24.6 Å². The Balaban J connectivity index is 1.85. The van der Waals surface area contributed by atoms with Crippen molar-refractivity contribution in [1.82, 2.24) is 10.7 Å². The zero-order chi connectivity index (χ0) is 17.5. The predicted molar refractivity (Wildman–Crippen MR) is 96.0 cm³/mol. The van der Waals surface area contributed by atoms with Gasteiger partial charge < -0.3 is 5.32 Å². The van der Waals surface area contributed by atoms with Gasteiger partial charge in [0.1, 0.15) is 0 Å². The highest BCUT2D eigenvalue weighted by molar-refractivity contribution is 6.38. The van der Waals surface area contributed by atoms with Crippen molar-refractivity contribution in [2.45, 2.75) is 0 Å². The van der Waals surface area contributed by atoms with Gasteiger partial charge in [0, 0.05) is 16.1 Å². The fraction of sp³-hybridized carbons (Fsp3) is 0.0625. The number of hydrogen-bond donors (Lipinski definition) is 2. The van der Waals surface area contributed by atoms with Gasteiger partial charge in [-0.25, -0.2) is 5.43 Å². The van der Waals surface area contributed by atoms with E-state index >= 15 is 0 Å². The molecule has 2 aromatic carbocycles. The van der Waals surface area contributed by atoms with Crippen molar-refractivity contribution in [3.8, 4) is 0 Å². The zero-order valence-electron chi connectivity index (χ0n) is 12.2. The quantitative estimate of drug-likeness (QED) is 0.611. The Morgan fingerprint density at radius 1 is 1.04 bits per heavy atom. The summed E-state index contributed by atoms with van der Waals surface area (Å²) in [6, 6.07) is 11.4. The normalized spacial score (nSPS) is 10.6. The average molecular weight is 385 g/mol. The highest BCUT2D eigenvalue weighted by Gasteiger charge is 2.08. The minimum absolute atomic E-state index is 0.237. The van der Waals surface area contributed by atoms with E-state index in [0.29, 0.717) is 26.2 Å². The van der Waals surface area contributed by atoms with Gasteiger partial charge in [-0.05, 0) is 30.3 Å². The van der Waals surface area contributed by atoms with Crippen LogP contribution in [0.15, 0.2) is 47.6 Å². The van der Waals surface area contributed by atoms with Crippen LogP contribution >= 0.6 is 34.8 Å². The van der Waals surface area contributed by atoms with Crippen molar-refractivity contribution in [3.63, 3.8) is 0 Å². The molecule has 0 heterocycles. The van der Waals surface area contributed by atoms with Crippen molar-refractivity contribution in [1.29, 1.82) is 0 Å². The second-order valence-electron chi connectivity index (χ2n) is 4.62. The fourth-order valence-electron chi connectivity index (χ4n) is 1.73. The van der Waals surface area contributed by atoms with E-state index in [4.69, 9.17) is 34.8 Å². The molecule has 0 aliphatic rings. The first-order chi connectivity index (χ1) is 11.5. The molecule has 0 atom stereocenters. The molecule has 2 amide bonds. The molecule has 5 nitrogen and oxygen atoms in total. The number of rotatable bonds is 5. The highest BCUT2D eigenvalue weighted by atomic mass is 35.5. The Morgan fingerprint density at radius 3 is 2.38 bits per heavy atom. The largest absolute Gasteiger partial charge is 0.343 e. The van der Waals surface area contributed by atoms with Crippen LogP contribution in [0, 0.1) is 0 Å². The third kappa shape index (κ3) is 5.23. The number of hydrogen-bond acceptors (Lipinski definition) is 3. The van der Waals surface area contributed by atoms with Crippen LogP contribution in [0.4, 0.5) is 0 Å². The summed E-state index contributed by atoms with van der Waals surface area (Å²) in [5.74, 6) is -0.907. The van der Waals surface area contributed by atoms with Crippen LogP contribution in [-0.2, 0) is 4.79 Å². The summed E-state index contributed by atoms with van der Waals surface area (Å²) in [5, 5.41) is 7.49. The molecule has 0 spiro atoms. The van der Waals surface area contributed by atoms with Gasteiger partial charge in [0.25, 0.3) is 11.8 Å². The molecule has 2 aromatic rings. The first-order valence-corrected chi connectivity index (χ1v) is 7.90. The van der Waals surface area contributed by atoms with Crippen LogP contribution in [0.3, 0.4) is 0 Å². The molecule has 8 heteroatoms. The number of amides is 2. The molecule has 24 heavy (non-hydrogen) atoms. The lowest BCUT2D eigenvalue weighted by molar-refractivity contribution is -0.120. The van der Waals surface area contributed by atoms with Gasteiger partial charge in [0.15, 0.2) is 0 Å². The van der Waals surface area contributed by atoms with Crippen molar-refractivity contribution < 1.29 is 9.59 Å². The van der Waals surface area contributed by atoms with Crippen molar-refractivity contribution in [2.75, 3.05) is 6.54 Å². The Hall–Kier alpha value is -2.08. The van der Waals surface area contributed by atoms with Crippen molar-refractivity contribution in [3.05, 3.63) is 68.7 Å². The Kier molecular flexibility index (Phi) is 6.61. The number of benzene rings is 2. The predicted octanol–water partition coefficient (Wildman–Crippen LogP) is 3.53. The van der Waals surface area contributed by atoms with Crippen LogP contribution in [0.1, 0.15) is 15.9 Å². The maximum Gasteiger partial charge on any atom is 0.259 e. The number of nitrogens with zero attached hydrogens (tertiary/aromatic N) is 1. The number of halogens is 3. The Bertz CT molecular complexity index is 774. The lowest BCUT2D eigenvalue weighted by atomic mass is 10.2. The topological polar surface area (TPSA) is 70.6 Å². The third-order valence-corrected chi connectivity index (χ3v) is 3.77. The van der Waals surface area contributed by atoms with Crippen molar-refractivity contribution in [2.24, 2.45) is 5.10 Å². The molecule has 0 radical (unpaired) electrons. The summed E-state index contributed by atoms with van der Waals surface area (Å²) in [6.07, 6.45) is 1.33. The van der Waals surface area contributed by atoms with Crippen molar-refractivity contribution >= 4 is 52.8 Å². The van der Waals surface area contributed by atoms with E-state index in [2.05, 4.69) is 15.8 Å². The summed E-state index contributed by atoms with van der Waals surface area (Å²) < 4.78 is 0. The number of carbonyl (C=O) groups excluding carboxylic acids is 2. The number of carbonyl (C=O) groups is 2. The first-order valence-electron chi connectivity index (χ1n) is 6.77. The van der Waals surface area contributed by atoms with Gasteiger partial charge in [-0.1, -0.05) is 46.9 Å². The molecule has 0 saturated carbocycles. The fourth-order valence-corrected chi connectivity index (χ4v) is 2.42. The van der Waals surface area contributed by atoms with E-state index in [0.717, 1.165) is 0 Å². The van der Waals surface area contributed by atoms with E-state index in [1.807, 2.05) is 0 Å². The molecule has 0 aliphatic carbocycles. The van der Waals surface area contributed by atoms with E-state index in [9.17, 15) is 9.59 Å². The molecule has 0 fully saturated rings. The molecule has 0 saturated heterocycles. The van der Waals surface area contributed by atoms with Gasteiger partial charge >= 0.3 is 0 Å². The Labute approximate surface area is 153 Å². The second-order valence-corrected chi connectivity index (χ2v) is 5.87. The minimum Gasteiger partial charge on any atom is -0.343 e. The van der Waals surface area contributed by atoms with Crippen LogP contribution in [0.5, 0.6) is 0 Å². The van der Waals surface area contributed by atoms with E-state index in [-0.39, 0.29) is 6.54 Å². The third-order valence-electron chi connectivity index (χ3n) is 2.88. The Morgan fingerprint density at radius 2 is 1.71 bits per heavy atom. The SMILES string of the molecule is O=C(CNC(=O)c1cccc(Cl)c1)N/N=C/c1c(Cl)cccc1Cl. The zero-order valence-corrected chi connectivity index (χ0v) is 14.5. The molecule has 2 N–H and O–H groups in total. The number of hydrazone groups is 1. The maximum atomic E-state index is 11.9. The average Bonchev–Trinajstić information content (AvgIpc) is 2.55. The number of nitrogens with one attached hydrogen (secondary N) is 2. The van der Waals surface area contributed by atoms with Crippen LogP contribution in [0.2, 0.25) is 15.1 Å². The molecule has 0 unspecified atom stereocenters. The molecular formula is C16H12Cl3N3O2. The molecule has 2 rings (SSSR count). The molecular weight excluding hydrogens is 373 g/mol. The molecule has 0 aliphatic heterocycles. The van der Waals surface area contributed by atoms with Gasteiger partial charge in [-0.2, -0.15) is 5.10 Å². The molecule has 0 bridgehead atoms. The summed E-state index contributed by atoms with van der Waals surface area (Å²) in [7, 11) is 0. The standard InChI is InChI=1S/C16H12Cl3N3O2/c17-11-4-1-3-10(7-11)16(24)20-9-15(23)22-21-8-12-13(18)5-2-6-14(12)19/h1-8H,9H2,(H,20,24)(H,22,23)/b21-8+. The van der Waals surface area contributed by atoms with Gasteiger partial charge in [-0.15, -0.1) is 0 Å². The van der Waals surface area contributed by atoms with Crippen LogP contribution < -0.4 is 10.7 Å². The lowest BCUT2D eigenvalue weighted by Gasteiger charge is -2.05. The summed E-state index contributed by atoms with van der Waals surface area (Å²) in [4.78, 5) is 23.5. The van der Waals surface area contributed by atoms with Gasteiger partial charge in [0.05, 0.1) is 22.8 Å². The first kappa shape index (κ1) is 18.3. The monoisotopic (exact) mass is 383 g/mol. The lowest BCUT2D eigenvalue weighted by Crippen LogP contribution is -2.34.